The van der Waals surface area contributed by atoms with Crippen molar-refractivity contribution in [2.45, 2.75) is 25.8 Å². The van der Waals surface area contributed by atoms with Crippen LogP contribution in [0.4, 0.5) is 22.0 Å². The topological polar surface area (TPSA) is 58.1 Å². The highest BCUT2D eigenvalue weighted by Crippen LogP contribution is 2.26. The van der Waals surface area contributed by atoms with Gasteiger partial charge in [0.2, 0.25) is 0 Å². The van der Waals surface area contributed by atoms with E-state index in [4.69, 9.17) is 4.74 Å². The molecule has 0 amide bonds. The number of aliphatic imine (C=N–C) groups is 1. The van der Waals surface area contributed by atoms with Crippen LogP contribution in [0.5, 0.6) is 11.5 Å². The van der Waals surface area contributed by atoms with Crippen LogP contribution in [-0.2, 0) is 6.54 Å². The lowest BCUT2D eigenvalue weighted by Gasteiger charge is -2.19. The van der Waals surface area contributed by atoms with Gasteiger partial charge in [0.15, 0.2) is 5.96 Å². The molecule has 1 heterocycles. The van der Waals surface area contributed by atoms with E-state index in [1.54, 1.807) is 13.1 Å². The van der Waals surface area contributed by atoms with E-state index in [1.807, 2.05) is 0 Å². The first-order valence-electron chi connectivity index (χ1n) is 9.05. The summed E-state index contributed by atoms with van der Waals surface area (Å²) in [6, 6.07) is 4.48. The van der Waals surface area contributed by atoms with E-state index in [-0.39, 0.29) is 42.2 Å². The van der Waals surface area contributed by atoms with Gasteiger partial charge in [-0.25, -0.2) is 0 Å². The number of nitrogens with one attached hydrogen (secondary N) is 2. The zero-order valence-electron chi connectivity index (χ0n) is 16.6. The minimum Gasteiger partial charge on any atom is -0.497 e. The summed E-state index contributed by atoms with van der Waals surface area (Å²) >= 11 is 0. The Hall–Kier alpha value is -1.57. The van der Waals surface area contributed by atoms with Crippen molar-refractivity contribution in [2.24, 2.45) is 10.9 Å². The average molecular weight is 552 g/mol. The maximum Gasteiger partial charge on any atom is 0.401 e. The highest BCUT2D eigenvalue weighted by atomic mass is 127. The second kappa shape index (κ2) is 12.3. The minimum absolute atomic E-state index is 0. The fourth-order valence-corrected chi connectivity index (χ4v) is 3.15. The molecular weight excluding hydrogens is 526 g/mol. The molecule has 1 aromatic carbocycles. The van der Waals surface area contributed by atoms with Gasteiger partial charge in [-0.05, 0) is 37.1 Å². The second-order valence-corrected chi connectivity index (χ2v) is 6.66. The number of hydrogen-bond acceptors (Lipinski definition) is 4. The van der Waals surface area contributed by atoms with Gasteiger partial charge < -0.3 is 20.1 Å². The molecule has 0 saturated carbocycles. The summed E-state index contributed by atoms with van der Waals surface area (Å²) < 4.78 is 72.2. The van der Waals surface area contributed by atoms with E-state index in [0.29, 0.717) is 43.3 Å². The number of nitrogens with zero attached hydrogens (tertiary/aromatic N) is 2. The van der Waals surface area contributed by atoms with Gasteiger partial charge in [-0.15, -0.1) is 24.0 Å². The van der Waals surface area contributed by atoms with Gasteiger partial charge in [0, 0.05) is 32.2 Å². The largest absolute Gasteiger partial charge is 0.497 e. The zero-order chi connectivity index (χ0) is 21.4. The van der Waals surface area contributed by atoms with Crippen LogP contribution in [0, 0.1) is 5.92 Å². The van der Waals surface area contributed by atoms with Crippen molar-refractivity contribution in [3.63, 3.8) is 0 Å². The van der Waals surface area contributed by atoms with Crippen molar-refractivity contribution in [1.29, 1.82) is 0 Å². The van der Waals surface area contributed by atoms with Gasteiger partial charge in [-0.1, -0.05) is 0 Å². The molecule has 0 radical (unpaired) electrons. The molecule has 1 fully saturated rings. The molecule has 30 heavy (non-hydrogen) atoms. The number of ether oxygens (including phenoxy) is 2. The van der Waals surface area contributed by atoms with Gasteiger partial charge in [-0.3, -0.25) is 9.89 Å². The molecule has 12 heteroatoms. The van der Waals surface area contributed by atoms with Crippen molar-refractivity contribution in [1.82, 2.24) is 15.5 Å². The third-order valence-corrected chi connectivity index (χ3v) is 4.48. The lowest BCUT2D eigenvalue weighted by molar-refractivity contribution is -0.143. The van der Waals surface area contributed by atoms with Crippen LogP contribution in [-0.4, -0.2) is 64.0 Å². The van der Waals surface area contributed by atoms with E-state index in [9.17, 15) is 22.0 Å². The summed E-state index contributed by atoms with van der Waals surface area (Å²) in [4.78, 5) is 5.44. The van der Waals surface area contributed by atoms with Gasteiger partial charge in [0.25, 0.3) is 0 Å². The minimum atomic E-state index is -4.20. The Kier molecular flexibility index (Phi) is 10.9. The monoisotopic (exact) mass is 552 g/mol. The summed E-state index contributed by atoms with van der Waals surface area (Å²) in [6.45, 7) is -2.52. The summed E-state index contributed by atoms with van der Waals surface area (Å²) in [5.41, 5.74) is 0.449. The summed E-state index contributed by atoms with van der Waals surface area (Å²) in [5, 5.41) is 6.05. The first-order valence-corrected chi connectivity index (χ1v) is 9.05. The molecule has 0 bridgehead atoms. The van der Waals surface area contributed by atoms with Crippen LogP contribution in [0.1, 0.15) is 12.0 Å². The molecule has 2 N–H and O–H groups in total. The summed E-state index contributed by atoms with van der Waals surface area (Å²) in [7, 11) is 3.01. The molecule has 172 valence electrons. The van der Waals surface area contributed by atoms with Crippen LogP contribution in [0.15, 0.2) is 23.2 Å². The molecule has 2 rings (SSSR count). The highest BCUT2D eigenvalue weighted by Gasteiger charge is 2.34. The Morgan fingerprint density at radius 3 is 2.63 bits per heavy atom. The molecular formula is C18H26F5IN4O2. The molecule has 0 spiro atoms. The van der Waals surface area contributed by atoms with Crippen LogP contribution < -0.4 is 20.1 Å². The lowest BCUT2D eigenvalue weighted by atomic mass is 10.1. The number of halogens is 6. The fourth-order valence-electron chi connectivity index (χ4n) is 3.15. The van der Waals surface area contributed by atoms with Crippen molar-refractivity contribution in [2.75, 3.05) is 40.3 Å². The Labute approximate surface area is 189 Å². The standard InChI is InChI=1S/C18H25F5N4O2.HI/c1-24-17(25-8-12-5-6-27(10-12)11-18(21,22)23)26-9-13-7-14(28-2)3-4-15(13)29-16(19)20;/h3-4,7,12,16H,5-6,8-11H2,1-2H3,(H2,24,25,26);1H. The van der Waals surface area contributed by atoms with Crippen LogP contribution in [0.25, 0.3) is 0 Å². The van der Waals surface area contributed by atoms with E-state index >= 15 is 0 Å². The number of guanidine groups is 1. The molecule has 1 aromatic rings. The molecule has 0 aliphatic carbocycles. The first-order chi connectivity index (χ1) is 13.7. The predicted octanol–water partition coefficient (Wildman–Crippen LogP) is 3.46. The van der Waals surface area contributed by atoms with Crippen molar-refractivity contribution < 1.29 is 31.4 Å². The van der Waals surface area contributed by atoms with Crippen LogP contribution in [0.3, 0.4) is 0 Å². The second-order valence-electron chi connectivity index (χ2n) is 6.66. The van der Waals surface area contributed by atoms with Gasteiger partial charge in [-0.2, -0.15) is 22.0 Å². The first kappa shape index (κ1) is 26.5. The normalized spacial score (nSPS) is 17.6. The summed E-state index contributed by atoms with van der Waals surface area (Å²) in [5.74, 6) is 0.972. The molecule has 1 atom stereocenters. The smallest absolute Gasteiger partial charge is 0.401 e. The van der Waals surface area contributed by atoms with Crippen molar-refractivity contribution in [3.8, 4) is 11.5 Å². The quantitative estimate of drug-likeness (QED) is 0.224. The molecule has 1 saturated heterocycles. The van der Waals surface area contributed by atoms with E-state index in [1.165, 1.54) is 24.1 Å². The number of rotatable bonds is 8. The number of hydrogen-bond donors (Lipinski definition) is 2. The Morgan fingerprint density at radius 1 is 1.30 bits per heavy atom. The van der Waals surface area contributed by atoms with E-state index in [0.717, 1.165) is 0 Å². The van der Waals surface area contributed by atoms with E-state index < -0.39 is 19.3 Å². The highest BCUT2D eigenvalue weighted by molar-refractivity contribution is 14.0. The predicted molar refractivity (Wildman–Crippen MR) is 114 cm³/mol. The van der Waals surface area contributed by atoms with E-state index in [2.05, 4.69) is 20.4 Å². The third-order valence-electron chi connectivity index (χ3n) is 4.48. The van der Waals surface area contributed by atoms with Gasteiger partial charge in [0.05, 0.1) is 13.7 Å². The third kappa shape index (κ3) is 9.06. The maximum absolute atomic E-state index is 12.6. The SMILES string of the molecule is CN=C(NCc1cc(OC)ccc1OC(F)F)NCC1CCN(CC(F)(F)F)C1.I. The number of likely N-dealkylation sites (tertiary alicyclic amines) is 1. The molecule has 1 aliphatic heterocycles. The van der Waals surface area contributed by atoms with Crippen LogP contribution >= 0.6 is 24.0 Å². The Balaban J connectivity index is 0.00000450. The fraction of sp³-hybridized carbons (Fsp3) is 0.611. The number of benzene rings is 1. The molecule has 0 aromatic heterocycles. The van der Waals surface area contributed by atoms with Crippen LogP contribution in [0.2, 0.25) is 0 Å². The number of methoxy groups -OCH3 is 1. The molecule has 1 aliphatic rings. The van der Waals surface area contributed by atoms with Gasteiger partial charge >= 0.3 is 12.8 Å². The van der Waals surface area contributed by atoms with Crippen molar-refractivity contribution in [3.05, 3.63) is 23.8 Å². The van der Waals surface area contributed by atoms with Gasteiger partial charge in [0.1, 0.15) is 11.5 Å². The average Bonchev–Trinajstić information content (AvgIpc) is 3.07. The Bertz CT molecular complexity index is 691. The summed E-state index contributed by atoms with van der Waals surface area (Å²) in [6.07, 6.45) is -3.54. The zero-order valence-corrected chi connectivity index (χ0v) is 19.0. The Morgan fingerprint density at radius 2 is 2.03 bits per heavy atom. The van der Waals surface area contributed by atoms with Crippen molar-refractivity contribution >= 4 is 29.9 Å². The molecule has 1 unspecified atom stereocenters. The maximum atomic E-state index is 12.6. The molecule has 6 nitrogen and oxygen atoms in total. The lowest BCUT2D eigenvalue weighted by Crippen LogP contribution is -2.40. The number of alkyl halides is 5.